The molecule has 110 valence electrons. The Morgan fingerprint density at radius 1 is 1.25 bits per heavy atom. The standard InChI is InChI=1S/C15H21FN2O2/c1-4-18(10-14(19)17-11(2)3)15(20)9-12-5-7-13(16)8-6-12/h5-8,11H,4,9-10H2,1-3H3,(H,17,19). The van der Waals surface area contributed by atoms with Crippen molar-refractivity contribution in [3.63, 3.8) is 0 Å². The van der Waals surface area contributed by atoms with Crippen molar-refractivity contribution in [1.29, 1.82) is 0 Å². The van der Waals surface area contributed by atoms with Crippen LogP contribution in [0.3, 0.4) is 0 Å². The molecule has 0 bridgehead atoms. The smallest absolute Gasteiger partial charge is 0.239 e. The summed E-state index contributed by atoms with van der Waals surface area (Å²) in [4.78, 5) is 25.3. The van der Waals surface area contributed by atoms with E-state index in [-0.39, 0.29) is 36.6 Å². The van der Waals surface area contributed by atoms with Crippen molar-refractivity contribution in [3.8, 4) is 0 Å². The number of carbonyl (C=O) groups excluding carboxylic acids is 2. The van der Waals surface area contributed by atoms with Crippen LogP contribution in [0.4, 0.5) is 4.39 Å². The van der Waals surface area contributed by atoms with Crippen LogP contribution in [0.15, 0.2) is 24.3 Å². The number of nitrogens with one attached hydrogen (secondary N) is 1. The van der Waals surface area contributed by atoms with Crippen molar-refractivity contribution >= 4 is 11.8 Å². The Bertz CT molecular complexity index is 457. The normalized spacial score (nSPS) is 10.4. The highest BCUT2D eigenvalue weighted by molar-refractivity contribution is 5.85. The van der Waals surface area contributed by atoms with Crippen LogP contribution in [0.2, 0.25) is 0 Å². The van der Waals surface area contributed by atoms with E-state index in [0.29, 0.717) is 6.54 Å². The Kier molecular flexibility index (Phi) is 6.15. The van der Waals surface area contributed by atoms with E-state index in [4.69, 9.17) is 0 Å². The number of amides is 2. The molecule has 0 saturated heterocycles. The lowest BCUT2D eigenvalue weighted by Gasteiger charge is -2.21. The number of nitrogens with zero attached hydrogens (tertiary/aromatic N) is 1. The largest absolute Gasteiger partial charge is 0.352 e. The summed E-state index contributed by atoms with van der Waals surface area (Å²) in [6.45, 7) is 6.08. The van der Waals surface area contributed by atoms with Crippen molar-refractivity contribution < 1.29 is 14.0 Å². The maximum Gasteiger partial charge on any atom is 0.239 e. The van der Waals surface area contributed by atoms with E-state index in [1.807, 2.05) is 20.8 Å². The Labute approximate surface area is 119 Å². The van der Waals surface area contributed by atoms with Crippen molar-refractivity contribution in [2.24, 2.45) is 0 Å². The van der Waals surface area contributed by atoms with Crippen LogP contribution >= 0.6 is 0 Å². The molecule has 1 aromatic carbocycles. The predicted octanol–water partition coefficient (Wildman–Crippen LogP) is 1.74. The maximum absolute atomic E-state index is 12.8. The molecule has 0 aromatic heterocycles. The van der Waals surface area contributed by atoms with Gasteiger partial charge in [0, 0.05) is 12.6 Å². The molecule has 2 amide bonds. The van der Waals surface area contributed by atoms with E-state index in [0.717, 1.165) is 5.56 Å². The molecular formula is C15H21FN2O2. The predicted molar refractivity (Wildman–Crippen MR) is 75.6 cm³/mol. The van der Waals surface area contributed by atoms with Gasteiger partial charge in [-0.3, -0.25) is 9.59 Å². The van der Waals surface area contributed by atoms with Crippen molar-refractivity contribution in [1.82, 2.24) is 10.2 Å². The second kappa shape index (κ2) is 7.62. The van der Waals surface area contributed by atoms with E-state index < -0.39 is 0 Å². The molecule has 0 aliphatic rings. The summed E-state index contributed by atoms with van der Waals surface area (Å²) < 4.78 is 12.8. The first-order valence-electron chi connectivity index (χ1n) is 6.74. The zero-order chi connectivity index (χ0) is 15.1. The molecule has 1 aromatic rings. The summed E-state index contributed by atoms with van der Waals surface area (Å²) in [6.07, 6.45) is 0.170. The molecule has 0 radical (unpaired) electrons. The fourth-order valence-corrected chi connectivity index (χ4v) is 1.81. The number of hydrogen-bond acceptors (Lipinski definition) is 2. The molecule has 0 aliphatic heterocycles. The minimum absolute atomic E-state index is 0.0495. The van der Waals surface area contributed by atoms with E-state index in [1.54, 1.807) is 12.1 Å². The Hall–Kier alpha value is -1.91. The van der Waals surface area contributed by atoms with Crippen LogP contribution in [0.25, 0.3) is 0 Å². The third-order valence-corrected chi connectivity index (χ3v) is 2.79. The average Bonchev–Trinajstić information content (AvgIpc) is 2.37. The molecule has 20 heavy (non-hydrogen) atoms. The third kappa shape index (κ3) is 5.38. The number of rotatable bonds is 6. The molecule has 0 spiro atoms. The molecule has 0 heterocycles. The fourth-order valence-electron chi connectivity index (χ4n) is 1.81. The van der Waals surface area contributed by atoms with Gasteiger partial charge in [-0.15, -0.1) is 0 Å². The zero-order valence-corrected chi connectivity index (χ0v) is 12.1. The molecule has 0 aliphatic carbocycles. The first kappa shape index (κ1) is 16.1. The van der Waals surface area contributed by atoms with Crippen LogP contribution < -0.4 is 5.32 Å². The van der Waals surface area contributed by atoms with Crippen molar-refractivity contribution in [2.75, 3.05) is 13.1 Å². The summed E-state index contributed by atoms with van der Waals surface area (Å²) in [7, 11) is 0. The van der Waals surface area contributed by atoms with Crippen LogP contribution in [-0.2, 0) is 16.0 Å². The Morgan fingerprint density at radius 2 is 1.85 bits per heavy atom. The van der Waals surface area contributed by atoms with Gasteiger partial charge in [0.05, 0.1) is 13.0 Å². The Balaban J connectivity index is 2.58. The molecule has 1 rings (SSSR count). The molecule has 0 atom stereocenters. The second-order valence-corrected chi connectivity index (χ2v) is 4.93. The quantitative estimate of drug-likeness (QED) is 0.863. The van der Waals surface area contributed by atoms with Crippen LogP contribution in [0.1, 0.15) is 26.3 Å². The Morgan fingerprint density at radius 3 is 2.35 bits per heavy atom. The molecule has 4 nitrogen and oxygen atoms in total. The molecule has 0 unspecified atom stereocenters. The number of benzene rings is 1. The topological polar surface area (TPSA) is 49.4 Å². The van der Waals surface area contributed by atoms with E-state index in [1.165, 1.54) is 17.0 Å². The summed E-state index contributed by atoms with van der Waals surface area (Å²) in [5.41, 5.74) is 0.735. The maximum atomic E-state index is 12.8. The lowest BCUT2D eigenvalue weighted by atomic mass is 10.1. The van der Waals surface area contributed by atoms with Crippen LogP contribution in [-0.4, -0.2) is 35.8 Å². The van der Waals surface area contributed by atoms with Gasteiger partial charge in [-0.2, -0.15) is 0 Å². The fraction of sp³-hybridized carbons (Fsp3) is 0.467. The average molecular weight is 280 g/mol. The van der Waals surface area contributed by atoms with Gasteiger partial charge in [-0.1, -0.05) is 12.1 Å². The first-order chi connectivity index (χ1) is 9.42. The van der Waals surface area contributed by atoms with Gasteiger partial charge >= 0.3 is 0 Å². The molecular weight excluding hydrogens is 259 g/mol. The van der Waals surface area contributed by atoms with Gasteiger partial charge in [-0.25, -0.2) is 4.39 Å². The number of likely N-dealkylation sites (N-methyl/N-ethyl adjacent to an activating group) is 1. The summed E-state index contributed by atoms with van der Waals surface area (Å²) in [5.74, 6) is -0.642. The molecule has 1 N–H and O–H groups in total. The summed E-state index contributed by atoms with van der Waals surface area (Å²) in [6, 6.07) is 5.85. The molecule has 0 saturated carbocycles. The van der Waals surface area contributed by atoms with Crippen molar-refractivity contribution in [3.05, 3.63) is 35.6 Å². The van der Waals surface area contributed by atoms with Gasteiger partial charge in [0.1, 0.15) is 5.82 Å². The molecule has 0 fully saturated rings. The lowest BCUT2D eigenvalue weighted by Crippen LogP contribution is -2.43. The van der Waals surface area contributed by atoms with Crippen LogP contribution in [0.5, 0.6) is 0 Å². The lowest BCUT2D eigenvalue weighted by molar-refractivity contribution is -0.135. The minimum atomic E-state index is -0.329. The number of halogens is 1. The van der Waals surface area contributed by atoms with E-state index in [9.17, 15) is 14.0 Å². The highest BCUT2D eigenvalue weighted by atomic mass is 19.1. The van der Waals surface area contributed by atoms with Gasteiger partial charge in [-0.05, 0) is 38.5 Å². The number of hydrogen-bond donors (Lipinski definition) is 1. The summed E-state index contributed by atoms with van der Waals surface area (Å²) >= 11 is 0. The second-order valence-electron chi connectivity index (χ2n) is 4.93. The SMILES string of the molecule is CCN(CC(=O)NC(C)C)C(=O)Cc1ccc(F)cc1. The highest BCUT2D eigenvalue weighted by Gasteiger charge is 2.16. The first-order valence-corrected chi connectivity index (χ1v) is 6.74. The minimum Gasteiger partial charge on any atom is -0.352 e. The van der Waals surface area contributed by atoms with E-state index in [2.05, 4.69) is 5.32 Å². The highest BCUT2D eigenvalue weighted by Crippen LogP contribution is 2.05. The van der Waals surface area contributed by atoms with E-state index >= 15 is 0 Å². The summed E-state index contributed by atoms with van der Waals surface area (Å²) in [5, 5.41) is 2.75. The van der Waals surface area contributed by atoms with Gasteiger partial charge in [0.15, 0.2) is 0 Å². The number of carbonyl (C=O) groups is 2. The van der Waals surface area contributed by atoms with Crippen molar-refractivity contribution in [2.45, 2.75) is 33.2 Å². The third-order valence-electron chi connectivity index (χ3n) is 2.79. The van der Waals surface area contributed by atoms with Crippen LogP contribution in [0, 0.1) is 5.82 Å². The van der Waals surface area contributed by atoms with Gasteiger partial charge < -0.3 is 10.2 Å². The van der Waals surface area contributed by atoms with Gasteiger partial charge in [0.25, 0.3) is 0 Å². The molecule has 5 heteroatoms. The van der Waals surface area contributed by atoms with Gasteiger partial charge in [0.2, 0.25) is 11.8 Å². The monoisotopic (exact) mass is 280 g/mol. The zero-order valence-electron chi connectivity index (χ0n) is 12.1.